The highest BCUT2D eigenvalue weighted by atomic mass is 16.5. The number of fused-ring (bicyclic) bond motifs is 5. The highest BCUT2D eigenvalue weighted by molar-refractivity contribution is 5.98. The van der Waals surface area contributed by atoms with Gasteiger partial charge in [0, 0.05) is 17.8 Å². The van der Waals surface area contributed by atoms with Crippen LogP contribution in [0.5, 0.6) is 0 Å². The molecular formula is C30H44O6. The lowest BCUT2D eigenvalue weighted by molar-refractivity contribution is -0.191. The van der Waals surface area contributed by atoms with Crippen LogP contribution in [-0.4, -0.2) is 57.4 Å². The number of aliphatic hydroxyl groups is 3. The van der Waals surface area contributed by atoms with E-state index in [4.69, 9.17) is 4.74 Å². The molecule has 200 valence electrons. The minimum absolute atomic E-state index is 0.0527. The molecule has 10 atom stereocenters. The van der Waals surface area contributed by atoms with E-state index in [1.54, 1.807) is 19.9 Å². The van der Waals surface area contributed by atoms with Gasteiger partial charge in [0.05, 0.1) is 29.8 Å². The van der Waals surface area contributed by atoms with Gasteiger partial charge in [-0.3, -0.25) is 9.59 Å². The Morgan fingerprint density at radius 2 is 1.72 bits per heavy atom. The van der Waals surface area contributed by atoms with Crippen molar-refractivity contribution in [3.8, 4) is 0 Å². The monoisotopic (exact) mass is 500 g/mol. The molecule has 4 aliphatic carbocycles. The van der Waals surface area contributed by atoms with E-state index in [1.807, 2.05) is 26.8 Å². The molecular weight excluding hydrogens is 456 g/mol. The van der Waals surface area contributed by atoms with Gasteiger partial charge in [0.2, 0.25) is 0 Å². The summed E-state index contributed by atoms with van der Waals surface area (Å²) >= 11 is 0. The first kappa shape index (κ1) is 26.3. The Morgan fingerprint density at radius 1 is 1.06 bits per heavy atom. The molecule has 5 aliphatic rings. The molecule has 1 heterocycles. The third-order valence-electron chi connectivity index (χ3n) is 11.3. The minimum Gasteiger partial charge on any atom is -0.393 e. The van der Waals surface area contributed by atoms with Crippen molar-refractivity contribution in [2.24, 2.45) is 45.3 Å². The average molecular weight is 501 g/mol. The van der Waals surface area contributed by atoms with Gasteiger partial charge >= 0.3 is 0 Å². The van der Waals surface area contributed by atoms with E-state index >= 15 is 0 Å². The lowest BCUT2D eigenvalue weighted by atomic mass is 9.38. The van der Waals surface area contributed by atoms with Gasteiger partial charge in [-0.15, -0.1) is 0 Å². The molecule has 0 aromatic heterocycles. The van der Waals surface area contributed by atoms with Crippen LogP contribution < -0.4 is 0 Å². The number of aliphatic hydroxyl groups excluding tert-OH is 2. The molecule has 0 aromatic carbocycles. The Hall–Kier alpha value is -1.34. The van der Waals surface area contributed by atoms with Crippen LogP contribution in [0.4, 0.5) is 0 Å². The summed E-state index contributed by atoms with van der Waals surface area (Å²) in [4.78, 5) is 26.9. The number of hydrogen-bond donors (Lipinski definition) is 3. The molecule has 6 heteroatoms. The second kappa shape index (κ2) is 7.84. The fraction of sp³-hybridized carbons (Fsp3) is 0.800. The molecule has 0 bridgehead atoms. The van der Waals surface area contributed by atoms with Crippen LogP contribution in [0.15, 0.2) is 23.8 Å². The van der Waals surface area contributed by atoms with Crippen LogP contribution in [0, 0.1) is 45.3 Å². The normalized spacial score (nSPS) is 50.3. The van der Waals surface area contributed by atoms with Crippen LogP contribution in [0.3, 0.4) is 0 Å². The highest BCUT2D eigenvalue weighted by Crippen LogP contribution is 2.71. The topological polar surface area (TPSA) is 104 Å². The van der Waals surface area contributed by atoms with Crippen molar-refractivity contribution in [1.29, 1.82) is 0 Å². The zero-order chi connectivity index (χ0) is 26.6. The number of carbonyl (C=O) groups excluding carboxylic acids is 2. The average Bonchev–Trinajstić information content (AvgIpc) is 3.10. The molecule has 0 radical (unpaired) electrons. The molecule has 3 fully saturated rings. The Labute approximate surface area is 215 Å². The molecule has 1 aliphatic heterocycles. The molecule has 36 heavy (non-hydrogen) atoms. The molecule has 5 rings (SSSR count). The number of Topliss-reactive ketones (excluding diaryl/α,β-unsaturated/α-hetero) is 1. The fourth-order valence-electron chi connectivity index (χ4n) is 9.71. The van der Waals surface area contributed by atoms with Gasteiger partial charge < -0.3 is 20.1 Å². The van der Waals surface area contributed by atoms with Crippen molar-refractivity contribution in [3.63, 3.8) is 0 Å². The first-order valence-electron chi connectivity index (χ1n) is 13.7. The van der Waals surface area contributed by atoms with Crippen LogP contribution in [0.25, 0.3) is 0 Å². The first-order chi connectivity index (χ1) is 16.5. The molecule has 6 nitrogen and oxygen atoms in total. The summed E-state index contributed by atoms with van der Waals surface area (Å²) in [6, 6.07) is 0. The molecule has 1 saturated heterocycles. The van der Waals surface area contributed by atoms with Crippen molar-refractivity contribution in [2.75, 3.05) is 6.61 Å². The van der Waals surface area contributed by atoms with Crippen molar-refractivity contribution >= 4 is 11.6 Å². The van der Waals surface area contributed by atoms with Crippen LogP contribution >= 0.6 is 0 Å². The minimum atomic E-state index is -1.13. The van der Waals surface area contributed by atoms with Crippen molar-refractivity contribution in [1.82, 2.24) is 0 Å². The highest BCUT2D eigenvalue weighted by Gasteiger charge is 2.70. The second-order valence-corrected chi connectivity index (χ2v) is 14.3. The van der Waals surface area contributed by atoms with E-state index in [2.05, 4.69) is 19.9 Å². The quantitative estimate of drug-likeness (QED) is 0.501. The molecule has 3 N–H and O–H groups in total. The number of hydrogen-bond acceptors (Lipinski definition) is 6. The summed E-state index contributed by atoms with van der Waals surface area (Å²) in [5.74, 6) is -0.0633. The summed E-state index contributed by atoms with van der Waals surface area (Å²) in [6.07, 6.45) is 6.00. The van der Waals surface area contributed by atoms with Crippen molar-refractivity contribution in [3.05, 3.63) is 23.8 Å². The third kappa shape index (κ3) is 3.30. The standard InChI is InChI=1S/C30H44O6/c1-26(2)21-13-23(34)30(7)20-9-8-17(16-12-18(31)25(36-15-16)27(3,4)35)29(20,6)14-19(32)24(30)28(21,5)11-10-22(26)33/h9-11,16-19,21,24-25,31-32,35H,8,12-15H2,1-7H3/t16-,17+,18-,19-,21+,24-,25-,28+,29+,30-/m1/s1. The maximum absolute atomic E-state index is 14.1. The van der Waals surface area contributed by atoms with E-state index < -0.39 is 40.2 Å². The maximum atomic E-state index is 14.1. The lowest BCUT2D eigenvalue weighted by Gasteiger charge is -2.65. The van der Waals surface area contributed by atoms with Gasteiger partial charge in [0.15, 0.2) is 5.78 Å². The van der Waals surface area contributed by atoms with Gasteiger partial charge in [0.1, 0.15) is 11.9 Å². The lowest BCUT2D eigenvalue weighted by Crippen LogP contribution is -2.66. The predicted octanol–water partition coefficient (Wildman–Crippen LogP) is 3.62. The van der Waals surface area contributed by atoms with Crippen LogP contribution in [0.1, 0.15) is 74.1 Å². The predicted molar refractivity (Wildman–Crippen MR) is 136 cm³/mol. The SMILES string of the molecule is CC(C)(O)[C@@H]1OC[C@H]([C@@H]2CC=C3[C@]4(C)C(=O)C[C@H]5C(C)(C)C(=O)C=C[C@]5(C)[C@H]4[C@H](O)C[C@]32C)C[C@H]1O. The molecule has 0 spiro atoms. The Balaban J connectivity index is 1.50. The number of ether oxygens (including phenoxy) is 1. The largest absolute Gasteiger partial charge is 0.393 e. The summed E-state index contributed by atoms with van der Waals surface area (Å²) in [5, 5.41) is 33.1. The summed E-state index contributed by atoms with van der Waals surface area (Å²) in [5.41, 5.74) is -2.32. The van der Waals surface area contributed by atoms with Crippen molar-refractivity contribution < 1.29 is 29.6 Å². The molecule has 0 aromatic rings. The van der Waals surface area contributed by atoms with E-state index in [-0.39, 0.29) is 40.7 Å². The first-order valence-corrected chi connectivity index (χ1v) is 13.7. The Kier molecular flexibility index (Phi) is 5.72. The second-order valence-electron chi connectivity index (χ2n) is 14.3. The zero-order valence-electron chi connectivity index (χ0n) is 22.9. The van der Waals surface area contributed by atoms with E-state index in [0.29, 0.717) is 25.9 Å². The number of ketones is 2. The zero-order valence-corrected chi connectivity index (χ0v) is 22.9. The Morgan fingerprint density at radius 3 is 2.33 bits per heavy atom. The summed E-state index contributed by atoms with van der Waals surface area (Å²) < 4.78 is 6.01. The van der Waals surface area contributed by atoms with Gasteiger partial charge in [-0.05, 0) is 74.7 Å². The summed E-state index contributed by atoms with van der Waals surface area (Å²) in [7, 11) is 0. The van der Waals surface area contributed by atoms with Crippen molar-refractivity contribution in [2.45, 2.75) is 98.1 Å². The molecule has 0 amide bonds. The number of rotatable bonds is 2. The van der Waals surface area contributed by atoms with Gasteiger partial charge in [-0.1, -0.05) is 45.4 Å². The van der Waals surface area contributed by atoms with E-state index in [9.17, 15) is 24.9 Å². The van der Waals surface area contributed by atoms with Crippen LogP contribution in [0.2, 0.25) is 0 Å². The van der Waals surface area contributed by atoms with E-state index in [0.717, 1.165) is 12.0 Å². The fourth-order valence-corrected chi connectivity index (χ4v) is 9.71. The molecule has 0 unspecified atom stereocenters. The van der Waals surface area contributed by atoms with Gasteiger partial charge in [-0.2, -0.15) is 0 Å². The molecule has 2 saturated carbocycles. The van der Waals surface area contributed by atoms with E-state index in [1.165, 1.54) is 0 Å². The third-order valence-corrected chi connectivity index (χ3v) is 11.3. The maximum Gasteiger partial charge on any atom is 0.161 e. The number of allylic oxidation sites excluding steroid dienone is 4. The smallest absolute Gasteiger partial charge is 0.161 e. The van der Waals surface area contributed by atoms with Gasteiger partial charge in [0.25, 0.3) is 0 Å². The number of carbonyl (C=O) groups is 2. The van der Waals surface area contributed by atoms with Gasteiger partial charge in [-0.25, -0.2) is 0 Å². The van der Waals surface area contributed by atoms with Crippen LogP contribution in [-0.2, 0) is 14.3 Å². The summed E-state index contributed by atoms with van der Waals surface area (Å²) in [6.45, 7) is 14.0. The Bertz CT molecular complexity index is 1030.